The number of carbonyl (C=O) groups is 1. The Balaban J connectivity index is 1.15. The van der Waals surface area contributed by atoms with Crippen LogP contribution in [0, 0.1) is 0 Å². The van der Waals surface area contributed by atoms with E-state index in [1.807, 2.05) is 54.6 Å². The van der Waals surface area contributed by atoms with Crippen LogP contribution in [0.2, 0.25) is 0 Å². The number of aliphatic hydroxyl groups excluding tert-OH is 1. The summed E-state index contributed by atoms with van der Waals surface area (Å²) in [6, 6.07) is 34.5. The minimum absolute atomic E-state index is 0.0284. The number of hydrogen-bond donors (Lipinski definition) is 3. The Morgan fingerprint density at radius 2 is 1.34 bits per heavy atom. The molecule has 246 valence electrons. The van der Waals surface area contributed by atoms with Crippen LogP contribution in [0.15, 0.2) is 103 Å². The first kappa shape index (κ1) is 32.9. The van der Waals surface area contributed by atoms with Crippen molar-refractivity contribution in [3.8, 4) is 11.1 Å². The lowest BCUT2D eigenvalue weighted by Gasteiger charge is -2.39. The fourth-order valence-corrected chi connectivity index (χ4v) is 6.57. The number of hydrogen-bond acceptors (Lipinski definition) is 5. The van der Waals surface area contributed by atoms with E-state index < -0.39 is 6.29 Å². The lowest BCUT2D eigenvalue weighted by Crippen LogP contribution is -2.40. The Labute approximate surface area is 278 Å². The van der Waals surface area contributed by atoms with Crippen molar-refractivity contribution in [1.29, 1.82) is 0 Å². The van der Waals surface area contributed by atoms with Crippen molar-refractivity contribution in [3.63, 3.8) is 0 Å². The highest BCUT2D eigenvalue weighted by atomic mass is 16.7. The zero-order valence-electron chi connectivity index (χ0n) is 27.2. The van der Waals surface area contributed by atoms with Crippen LogP contribution >= 0.6 is 0 Å². The van der Waals surface area contributed by atoms with Gasteiger partial charge in [0.25, 0.3) is 0 Å². The molecule has 4 aromatic carbocycles. The number of benzene rings is 4. The molecule has 0 unspecified atom stereocenters. The third-order valence-corrected chi connectivity index (χ3v) is 9.19. The molecule has 2 heterocycles. The number of ether oxygens (including phenoxy) is 2. The predicted octanol–water partition coefficient (Wildman–Crippen LogP) is 7.66. The van der Waals surface area contributed by atoms with Crippen molar-refractivity contribution in [2.75, 3.05) is 19.6 Å². The molecule has 0 spiro atoms. The molecular formula is C40H47N3O4. The van der Waals surface area contributed by atoms with Gasteiger partial charge in [-0.25, -0.2) is 4.79 Å². The lowest BCUT2D eigenvalue weighted by molar-refractivity contribution is -0.253. The number of nitrogens with one attached hydrogen (secondary N) is 2. The summed E-state index contributed by atoms with van der Waals surface area (Å²) < 4.78 is 13.4. The number of urea groups is 1. The van der Waals surface area contributed by atoms with Gasteiger partial charge in [0.15, 0.2) is 6.29 Å². The topological polar surface area (TPSA) is 83.1 Å². The zero-order chi connectivity index (χ0) is 32.3. The number of rotatable bonds is 10. The van der Waals surface area contributed by atoms with Gasteiger partial charge in [-0.1, -0.05) is 110 Å². The van der Waals surface area contributed by atoms with Crippen LogP contribution in [0.1, 0.15) is 78.7 Å². The summed E-state index contributed by atoms with van der Waals surface area (Å²) in [5, 5.41) is 15.5. The van der Waals surface area contributed by atoms with Crippen LogP contribution < -0.4 is 10.6 Å². The molecule has 47 heavy (non-hydrogen) atoms. The normalized spacial score (nSPS) is 20.6. The molecule has 4 aromatic rings. The van der Waals surface area contributed by atoms with Gasteiger partial charge < -0.3 is 30.1 Å². The maximum absolute atomic E-state index is 12.4. The van der Waals surface area contributed by atoms with Crippen LogP contribution in [0.3, 0.4) is 0 Å². The second kappa shape index (κ2) is 16.7. The summed E-state index contributed by atoms with van der Waals surface area (Å²) in [5.41, 5.74) is 7.21. The minimum Gasteiger partial charge on any atom is -0.392 e. The second-order valence-corrected chi connectivity index (χ2v) is 12.8. The number of nitrogens with zero attached hydrogens (tertiary/aromatic N) is 1. The van der Waals surface area contributed by atoms with Gasteiger partial charge in [0.2, 0.25) is 0 Å². The first-order valence-corrected chi connectivity index (χ1v) is 17.1. The molecule has 2 amide bonds. The highest BCUT2D eigenvalue weighted by Gasteiger charge is 2.33. The summed E-state index contributed by atoms with van der Waals surface area (Å²) in [5.74, 6) is 0. The number of aliphatic hydroxyl groups is 1. The summed E-state index contributed by atoms with van der Waals surface area (Å²) in [4.78, 5) is 15.0. The van der Waals surface area contributed by atoms with E-state index in [1.54, 1.807) is 0 Å². The third-order valence-electron chi connectivity index (χ3n) is 9.19. The molecule has 6 rings (SSSR count). The molecule has 0 aliphatic carbocycles. The minimum atomic E-state index is -0.496. The highest BCUT2D eigenvalue weighted by molar-refractivity contribution is 5.74. The second-order valence-electron chi connectivity index (χ2n) is 12.8. The monoisotopic (exact) mass is 633 g/mol. The summed E-state index contributed by atoms with van der Waals surface area (Å²) >= 11 is 0. The van der Waals surface area contributed by atoms with Crippen molar-refractivity contribution in [2.24, 2.45) is 0 Å². The molecule has 3 atom stereocenters. The van der Waals surface area contributed by atoms with E-state index in [4.69, 9.17) is 9.47 Å². The van der Waals surface area contributed by atoms with E-state index in [9.17, 15) is 9.90 Å². The van der Waals surface area contributed by atoms with Gasteiger partial charge in [-0.2, -0.15) is 0 Å². The maximum Gasteiger partial charge on any atom is 0.315 e. The first-order valence-electron chi connectivity index (χ1n) is 17.1. The van der Waals surface area contributed by atoms with Gasteiger partial charge in [0.05, 0.1) is 18.8 Å². The van der Waals surface area contributed by atoms with Crippen molar-refractivity contribution < 1.29 is 19.4 Å². The average Bonchev–Trinajstić information content (AvgIpc) is 3.11. The molecule has 7 heteroatoms. The van der Waals surface area contributed by atoms with E-state index in [0.29, 0.717) is 13.1 Å². The Kier molecular flexibility index (Phi) is 11.7. The molecule has 0 radical (unpaired) electrons. The molecule has 2 aliphatic rings. The van der Waals surface area contributed by atoms with Crippen LogP contribution in [-0.2, 0) is 29.2 Å². The van der Waals surface area contributed by atoms with Crippen molar-refractivity contribution in [3.05, 3.63) is 131 Å². The fraction of sp³-hybridized carbons (Fsp3) is 0.375. The van der Waals surface area contributed by atoms with Crippen LogP contribution in [0.4, 0.5) is 4.79 Å². The molecule has 0 aromatic heterocycles. The van der Waals surface area contributed by atoms with Gasteiger partial charge in [0, 0.05) is 31.6 Å². The Bertz CT molecular complexity index is 1550. The van der Waals surface area contributed by atoms with Crippen LogP contribution in [0.25, 0.3) is 11.1 Å². The number of amides is 2. The van der Waals surface area contributed by atoms with E-state index in [1.165, 1.54) is 32.1 Å². The van der Waals surface area contributed by atoms with Gasteiger partial charge in [0.1, 0.15) is 0 Å². The molecule has 3 N–H and O–H groups in total. The lowest BCUT2D eigenvalue weighted by atomic mass is 9.98. The van der Waals surface area contributed by atoms with E-state index in [-0.39, 0.29) is 24.8 Å². The van der Waals surface area contributed by atoms with Gasteiger partial charge in [-0.3, -0.25) is 0 Å². The smallest absolute Gasteiger partial charge is 0.315 e. The van der Waals surface area contributed by atoms with Crippen molar-refractivity contribution in [2.45, 2.75) is 76.7 Å². The molecule has 7 nitrogen and oxygen atoms in total. The summed E-state index contributed by atoms with van der Waals surface area (Å²) in [6.07, 6.45) is 6.67. The molecule has 2 saturated heterocycles. The number of carbonyl (C=O) groups excluding carboxylic acids is 1. The predicted molar refractivity (Wildman–Crippen MR) is 185 cm³/mol. The maximum atomic E-state index is 12.4. The van der Waals surface area contributed by atoms with E-state index in [2.05, 4.69) is 64.1 Å². The van der Waals surface area contributed by atoms with Crippen LogP contribution in [0.5, 0.6) is 0 Å². The van der Waals surface area contributed by atoms with Crippen LogP contribution in [-0.4, -0.2) is 41.8 Å². The van der Waals surface area contributed by atoms with Crippen molar-refractivity contribution >= 4 is 6.03 Å². The summed E-state index contributed by atoms with van der Waals surface area (Å²) in [6.45, 7) is 4.09. The largest absolute Gasteiger partial charge is 0.392 e. The molecule has 2 fully saturated rings. The molecule has 2 aliphatic heterocycles. The quantitative estimate of drug-likeness (QED) is 0.167. The van der Waals surface area contributed by atoms with E-state index in [0.717, 1.165) is 65.0 Å². The Hall–Kier alpha value is -4.01. The average molecular weight is 634 g/mol. The van der Waals surface area contributed by atoms with Gasteiger partial charge >= 0.3 is 6.03 Å². The summed E-state index contributed by atoms with van der Waals surface area (Å²) in [7, 11) is 0. The molecular weight excluding hydrogens is 586 g/mol. The Morgan fingerprint density at radius 1 is 0.681 bits per heavy atom. The third kappa shape index (κ3) is 9.52. The van der Waals surface area contributed by atoms with Crippen molar-refractivity contribution in [1.82, 2.24) is 15.5 Å². The van der Waals surface area contributed by atoms with E-state index >= 15 is 0 Å². The van der Waals surface area contributed by atoms with Gasteiger partial charge in [-0.05, 0) is 71.4 Å². The standard InChI is InChI=1S/C40H47N3O4/c44-29-31-17-19-33(20-18-31)38-25-37(28-43-21-7-2-1-3-8-22-43)46-39(47-38)36-16-10-15-35(24-36)34-14-9-13-32(23-34)27-42-40(45)41-26-30-11-5-4-6-12-30/h4-6,9-20,23-24,37-39,44H,1-3,7-8,21-22,25-29H2,(H2,41,42,45)/t37-,38+,39+/m0/s1. The zero-order valence-corrected chi connectivity index (χ0v) is 27.2. The number of likely N-dealkylation sites (tertiary alicyclic amines) is 1. The molecule has 0 bridgehead atoms. The fourth-order valence-electron chi connectivity index (χ4n) is 6.57. The van der Waals surface area contributed by atoms with Gasteiger partial charge in [-0.15, -0.1) is 0 Å². The Morgan fingerprint density at radius 3 is 2.09 bits per heavy atom. The SMILES string of the molecule is O=C(NCc1ccccc1)NCc1cccc(-c2cccc([C@@H]3O[C@H](CN4CCCCCCC4)C[C@H](c4ccc(CO)cc4)O3)c2)c1. The first-order chi connectivity index (χ1) is 23.1. The molecule has 0 saturated carbocycles. The highest BCUT2D eigenvalue weighted by Crippen LogP contribution is 2.39.